The van der Waals surface area contributed by atoms with Crippen LogP contribution in [0.1, 0.15) is 45.9 Å². The molecule has 2 rings (SSSR count). The fourth-order valence-corrected chi connectivity index (χ4v) is 2.50. The number of hydrogen-bond donors (Lipinski definition) is 1. The number of nitrogens with zero attached hydrogens (tertiary/aromatic N) is 4. The second kappa shape index (κ2) is 10.6. The highest BCUT2D eigenvalue weighted by Gasteiger charge is 2.13. The van der Waals surface area contributed by atoms with Crippen LogP contribution >= 0.6 is 0 Å². The monoisotopic (exact) mass is 425 g/mol. The minimum atomic E-state index is -0.485. The van der Waals surface area contributed by atoms with Crippen molar-refractivity contribution >= 4 is 12.2 Å². The van der Waals surface area contributed by atoms with Crippen LogP contribution in [-0.2, 0) is 28.1 Å². The summed E-state index contributed by atoms with van der Waals surface area (Å²) in [6.45, 7) is 14.0. The number of aromatic nitrogens is 3. The van der Waals surface area contributed by atoms with Crippen LogP contribution in [0.4, 0.5) is 0 Å². The predicted molar refractivity (Wildman–Crippen MR) is 121 cm³/mol. The van der Waals surface area contributed by atoms with E-state index < -0.39 is 5.97 Å². The zero-order chi connectivity index (χ0) is 23.0. The Morgan fingerprint density at radius 2 is 1.94 bits per heavy atom. The van der Waals surface area contributed by atoms with Gasteiger partial charge in [0, 0.05) is 23.2 Å². The molecule has 2 N–H and O–H groups in total. The lowest BCUT2D eigenvalue weighted by Crippen LogP contribution is -2.15. The fraction of sp³-hybridized carbons (Fsp3) is 0.391. The lowest BCUT2D eigenvalue weighted by molar-refractivity contribution is -0.147. The number of ether oxygens (including phenoxy) is 2. The molecule has 1 aromatic carbocycles. The first kappa shape index (κ1) is 23.9. The Morgan fingerprint density at radius 1 is 1.26 bits per heavy atom. The number of carbonyl (C=O) groups excluding carboxylic acids is 1. The summed E-state index contributed by atoms with van der Waals surface area (Å²) in [7, 11) is 0. The molecule has 0 spiro atoms. The number of hydrogen-bond acceptors (Lipinski definition) is 7. The normalized spacial score (nSPS) is 12.5. The molecular formula is C23H31N5O3. The van der Waals surface area contributed by atoms with E-state index in [-0.39, 0.29) is 18.6 Å². The van der Waals surface area contributed by atoms with Crippen molar-refractivity contribution in [3.8, 4) is 5.75 Å². The molecule has 0 aliphatic heterocycles. The van der Waals surface area contributed by atoms with E-state index in [1.807, 2.05) is 24.3 Å². The minimum Gasteiger partial charge on any atom is -0.482 e. The van der Waals surface area contributed by atoms with E-state index >= 15 is 0 Å². The zero-order valence-corrected chi connectivity index (χ0v) is 18.9. The van der Waals surface area contributed by atoms with E-state index in [0.717, 1.165) is 5.57 Å². The van der Waals surface area contributed by atoms with Crippen LogP contribution in [0.2, 0.25) is 0 Å². The lowest BCUT2D eigenvalue weighted by atomic mass is 9.87. The molecule has 8 heteroatoms. The summed E-state index contributed by atoms with van der Waals surface area (Å²) >= 11 is 0. The highest BCUT2D eigenvalue weighted by molar-refractivity contribution is 5.80. The van der Waals surface area contributed by atoms with Crippen LogP contribution in [-0.4, -0.2) is 33.8 Å². The van der Waals surface area contributed by atoms with Crippen LogP contribution in [0.5, 0.6) is 5.75 Å². The van der Waals surface area contributed by atoms with Crippen molar-refractivity contribution in [1.82, 2.24) is 15.0 Å². The van der Waals surface area contributed by atoms with Gasteiger partial charge in [0.2, 0.25) is 0 Å². The fourth-order valence-electron chi connectivity index (χ4n) is 2.50. The third-order valence-electron chi connectivity index (χ3n) is 4.32. The lowest BCUT2D eigenvalue weighted by Gasteiger charge is -2.19. The van der Waals surface area contributed by atoms with Gasteiger partial charge in [-0.15, -0.1) is 5.10 Å². The molecule has 0 fully saturated rings. The van der Waals surface area contributed by atoms with Crippen molar-refractivity contribution in [3.05, 3.63) is 65.3 Å². The molecule has 0 atom stereocenters. The van der Waals surface area contributed by atoms with Crippen molar-refractivity contribution in [1.29, 1.82) is 0 Å². The molecule has 8 nitrogen and oxygen atoms in total. The SMILES string of the molecule is C=C(C)N=C/C(Cn1cc(COC(=O)COc2ccc(C(C)(C)C)cc2)nn1)=C(\C)N. The second-order valence-electron chi connectivity index (χ2n) is 8.33. The minimum absolute atomic E-state index is 0.00562. The van der Waals surface area contributed by atoms with E-state index in [2.05, 4.69) is 42.7 Å². The number of carbonyl (C=O) groups is 1. The molecule has 0 amide bonds. The van der Waals surface area contributed by atoms with Gasteiger partial charge in [0.1, 0.15) is 18.1 Å². The molecule has 31 heavy (non-hydrogen) atoms. The van der Waals surface area contributed by atoms with E-state index in [4.69, 9.17) is 15.2 Å². The van der Waals surface area contributed by atoms with Gasteiger partial charge < -0.3 is 15.2 Å². The third-order valence-corrected chi connectivity index (χ3v) is 4.32. The maximum absolute atomic E-state index is 12.0. The van der Waals surface area contributed by atoms with Crippen LogP contribution in [0, 0.1) is 0 Å². The van der Waals surface area contributed by atoms with Gasteiger partial charge in [-0.1, -0.05) is 44.7 Å². The standard InChI is InChI=1S/C23H31N5O3/c1-16(2)25-11-18(17(3)24)12-28-13-20(26-27-28)14-31-22(29)15-30-21-9-7-19(8-10-21)23(4,5)6/h7-11,13H,1,12,14-15,24H2,2-6H3/b18-17-,25-11?. The van der Waals surface area contributed by atoms with E-state index in [1.165, 1.54) is 5.56 Å². The Kier molecular flexibility index (Phi) is 8.13. The van der Waals surface area contributed by atoms with E-state index in [9.17, 15) is 4.79 Å². The maximum atomic E-state index is 12.0. The van der Waals surface area contributed by atoms with Crippen LogP contribution in [0.25, 0.3) is 0 Å². The molecule has 0 aliphatic carbocycles. The molecule has 0 unspecified atom stereocenters. The van der Waals surface area contributed by atoms with Gasteiger partial charge in [-0.25, -0.2) is 9.48 Å². The summed E-state index contributed by atoms with van der Waals surface area (Å²) in [6, 6.07) is 7.68. The molecule has 0 saturated heterocycles. The predicted octanol–water partition coefficient (Wildman–Crippen LogP) is 3.53. The average Bonchev–Trinajstić information content (AvgIpc) is 3.14. The second-order valence-corrected chi connectivity index (χ2v) is 8.33. The van der Waals surface area contributed by atoms with E-state index in [0.29, 0.717) is 29.4 Å². The Morgan fingerprint density at radius 3 is 2.52 bits per heavy atom. The summed E-state index contributed by atoms with van der Waals surface area (Å²) in [5.41, 5.74) is 9.78. The van der Waals surface area contributed by atoms with E-state index in [1.54, 1.807) is 30.9 Å². The first-order valence-corrected chi connectivity index (χ1v) is 9.97. The smallest absolute Gasteiger partial charge is 0.344 e. The molecular weight excluding hydrogens is 394 g/mol. The van der Waals surface area contributed by atoms with Gasteiger partial charge in [0.15, 0.2) is 6.61 Å². The largest absolute Gasteiger partial charge is 0.482 e. The average molecular weight is 426 g/mol. The summed E-state index contributed by atoms with van der Waals surface area (Å²) in [6.07, 6.45) is 3.35. The molecule has 0 radical (unpaired) electrons. The number of rotatable bonds is 9. The maximum Gasteiger partial charge on any atom is 0.344 e. The van der Waals surface area contributed by atoms with Crippen LogP contribution in [0.15, 0.2) is 59.0 Å². The van der Waals surface area contributed by atoms with Crippen molar-refractivity contribution in [3.63, 3.8) is 0 Å². The van der Waals surface area contributed by atoms with Gasteiger partial charge in [-0.05, 0) is 37.0 Å². The number of benzene rings is 1. The number of allylic oxidation sites excluding steroid dienone is 3. The topological polar surface area (TPSA) is 105 Å². The molecule has 0 saturated carbocycles. The summed E-state index contributed by atoms with van der Waals surface area (Å²) in [4.78, 5) is 16.2. The Bertz CT molecular complexity index is 962. The summed E-state index contributed by atoms with van der Waals surface area (Å²) < 4.78 is 12.3. The first-order valence-electron chi connectivity index (χ1n) is 9.97. The summed E-state index contributed by atoms with van der Waals surface area (Å²) in [5.74, 6) is 0.130. The van der Waals surface area contributed by atoms with Gasteiger partial charge in [-0.2, -0.15) is 0 Å². The molecule has 1 heterocycles. The van der Waals surface area contributed by atoms with Crippen molar-refractivity contribution in [2.75, 3.05) is 6.61 Å². The van der Waals surface area contributed by atoms with Crippen molar-refractivity contribution < 1.29 is 14.3 Å². The Hall–Kier alpha value is -3.42. The highest BCUT2D eigenvalue weighted by atomic mass is 16.6. The Balaban J connectivity index is 1.83. The van der Waals surface area contributed by atoms with Crippen molar-refractivity contribution in [2.24, 2.45) is 10.7 Å². The van der Waals surface area contributed by atoms with Gasteiger partial charge in [0.05, 0.1) is 12.7 Å². The van der Waals surface area contributed by atoms with Crippen molar-refractivity contribution in [2.45, 2.75) is 53.2 Å². The Labute approximate surface area is 183 Å². The molecule has 0 aliphatic rings. The number of esters is 1. The summed E-state index contributed by atoms with van der Waals surface area (Å²) in [5, 5.41) is 8.05. The molecule has 166 valence electrons. The van der Waals surface area contributed by atoms with Crippen LogP contribution < -0.4 is 10.5 Å². The van der Waals surface area contributed by atoms with Gasteiger partial charge in [-0.3, -0.25) is 4.99 Å². The van der Waals surface area contributed by atoms with Gasteiger partial charge in [0.25, 0.3) is 0 Å². The molecule has 0 bridgehead atoms. The zero-order valence-electron chi connectivity index (χ0n) is 18.9. The molecule has 2 aromatic rings. The van der Waals surface area contributed by atoms with Crippen LogP contribution in [0.3, 0.4) is 0 Å². The van der Waals surface area contributed by atoms with Gasteiger partial charge >= 0.3 is 5.97 Å². The number of nitrogens with two attached hydrogens (primary N) is 1. The highest BCUT2D eigenvalue weighted by Crippen LogP contribution is 2.24. The number of aliphatic imine (C=N–C) groups is 1. The third kappa shape index (κ3) is 8.08. The first-order chi connectivity index (χ1) is 14.5. The quantitative estimate of drug-likeness (QED) is 0.487. The molecule has 1 aromatic heterocycles.